The fourth-order valence-corrected chi connectivity index (χ4v) is 3.28. The molecule has 1 unspecified atom stereocenters. The molecule has 1 fully saturated rings. The van der Waals surface area contributed by atoms with E-state index in [2.05, 4.69) is 10.3 Å². The number of fused-ring (bicyclic) bond motifs is 1. The van der Waals surface area contributed by atoms with Crippen LogP contribution < -0.4 is 5.32 Å². The number of carbonyl (C=O) groups is 1. The maximum atomic E-state index is 12.5. The summed E-state index contributed by atoms with van der Waals surface area (Å²) in [5.41, 5.74) is 2.47. The number of ether oxygens (including phenoxy) is 1. The molecule has 6 nitrogen and oxygen atoms in total. The van der Waals surface area contributed by atoms with Crippen LogP contribution in [0.4, 0.5) is 0 Å². The molecule has 0 aliphatic carbocycles. The Kier molecular flexibility index (Phi) is 3.91. The molecule has 6 heteroatoms. The first-order chi connectivity index (χ1) is 12.2. The second-order valence-electron chi connectivity index (χ2n) is 6.12. The summed E-state index contributed by atoms with van der Waals surface area (Å²) < 4.78 is 6.11. The zero-order valence-electron chi connectivity index (χ0n) is 13.3. The van der Waals surface area contributed by atoms with E-state index in [9.17, 15) is 15.0 Å². The summed E-state index contributed by atoms with van der Waals surface area (Å²) in [5.74, 6) is -0.129. The van der Waals surface area contributed by atoms with E-state index in [1.165, 1.54) is 0 Å². The summed E-state index contributed by atoms with van der Waals surface area (Å²) >= 11 is 0. The lowest BCUT2D eigenvalue weighted by Gasteiger charge is -2.36. The van der Waals surface area contributed by atoms with Crippen LogP contribution >= 0.6 is 0 Å². The summed E-state index contributed by atoms with van der Waals surface area (Å²) in [6.45, 7) is -0.238. The van der Waals surface area contributed by atoms with Gasteiger partial charge in [-0.05, 0) is 23.8 Å². The Morgan fingerprint density at radius 2 is 1.84 bits per heavy atom. The minimum Gasteiger partial charge on any atom is -0.508 e. The lowest BCUT2D eigenvalue weighted by molar-refractivity contribution is -0.152. The number of benzene rings is 2. The highest BCUT2D eigenvalue weighted by atomic mass is 16.5. The number of para-hydroxylation sites is 1. The van der Waals surface area contributed by atoms with Crippen molar-refractivity contribution in [2.45, 2.75) is 18.2 Å². The molecule has 3 aromatic rings. The first-order valence-electron chi connectivity index (χ1n) is 8.09. The first-order valence-corrected chi connectivity index (χ1v) is 8.09. The van der Waals surface area contributed by atoms with Crippen molar-refractivity contribution in [3.63, 3.8) is 0 Å². The molecule has 1 amide bonds. The Morgan fingerprint density at radius 3 is 2.60 bits per heavy atom. The van der Waals surface area contributed by atoms with Gasteiger partial charge in [-0.15, -0.1) is 0 Å². The number of aromatic amines is 1. The van der Waals surface area contributed by atoms with E-state index in [0.717, 1.165) is 22.0 Å². The quantitative estimate of drug-likeness (QED) is 0.589. The topological polar surface area (TPSA) is 94.6 Å². The molecule has 1 aliphatic rings. The van der Waals surface area contributed by atoms with E-state index < -0.39 is 18.2 Å². The molecule has 25 heavy (non-hydrogen) atoms. The number of carbonyl (C=O) groups excluding carboxylic acids is 1. The monoisotopic (exact) mass is 338 g/mol. The number of phenolic OH excluding ortho intramolecular Hbond substituents is 1. The third-order valence-electron chi connectivity index (χ3n) is 4.54. The lowest BCUT2D eigenvalue weighted by atomic mass is 9.97. The van der Waals surface area contributed by atoms with Crippen molar-refractivity contribution >= 4 is 16.8 Å². The summed E-state index contributed by atoms with van der Waals surface area (Å²) in [7, 11) is 0. The maximum Gasteiger partial charge on any atom is 0.254 e. The van der Waals surface area contributed by atoms with Gasteiger partial charge in [0.1, 0.15) is 11.9 Å². The minimum atomic E-state index is -0.780. The molecule has 0 bridgehead atoms. The minimum absolute atomic E-state index is 0.150. The van der Waals surface area contributed by atoms with Gasteiger partial charge in [-0.2, -0.15) is 0 Å². The number of phenols is 1. The summed E-state index contributed by atoms with van der Waals surface area (Å²) in [6, 6.07) is 13.7. The van der Waals surface area contributed by atoms with Gasteiger partial charge in [-0.25, -0.2) is 0 Å². The van der Waals surface area contributed by atoms with Gasteiger partial charge >= 0.3 is 0 Å². The average molecular weight is 338 g/mol. The average Bonchev–Trinajstić information content (AvgIpc) is 3.06. The number of amides is 1. The molecule has 3 atom stereocenters. The molecule has 0 saturated carbocycles. The number of hydrogen-bond acceptors (Lipinski definition) is 4. The predicted molar refractivity (Wildman–Crippen MR) is 92.0 cm³/mol. The number of aliphatic hydroxyl groups excluding tert-OH is 1. The normalized spacial score (nSPS) is 23.6. The fourth-order valence-electron chi connectivity index (χ4n) is 3.28. The van der Waals surface area contributed by atoms with Gasteiger partial charge in [0.15, 0.2) is 6.10 Å². The summed E-state index contributed by atoms with van der Waals surface area (Å²) in [5, 5.41) is 22.9. The molecule has 0 radical (unpaired) electrons. The van der Waals surface area contributed by atoms with Crippen molar-refractivity contribution in [1.82, 2.24) is 10.3 Å². The molecule has 1 aromatic heterocycles. The van der Waals surface area contributed by atoms with Crippen molar-refractivity contribution < 1.29 is 19.7 Å². The predicted octanol–water partition coefficient (Wildman–Crippen LogP) is 2.16. The second kappa shape index (κ2) is 6.23. The van der Waals surface area contributed by atoms with Crippen molar-refractivity contribution in [3.8, 4) is 5.75 Å². The third kappa shape index (κ3) is 2.75. The van der Waals surface area contributed by atoms with Crippen LogP contribution in [0.3, 0.4) is 0 Å². The van der Waals surface area contributed by atoms with E-state index in [1.807, 2.05) is 24.3 Å². The fraction of sp³-hybridized carbons (Fsp3) is 0.211. The third-order valence-corrected chi connectivity index (χ3v) is 4.54. The highest BCUT2D eigenvalue weighted by molar-refractivity contribution is 5.91. The summed E-state index contributed by atoms with van der Waals surface area (Å²) in [6.07, 6.45) is 0.488. The molecule has 1 aliphatic heterocycles. The summed E-state index contributed by atoms with van der Waals surface area (Å²) in [4.78, 5) is 15.7. The van der Waals surface area contributed by atoms with Crippen molar-refractivity contribution in [1.29, 1.82) is 0 Å². The van der Waals surface area contributed by atoms with E-state index in [1.54, 1.807) is 30.5 Å². The number of morpholine rings is 1. The van der Waals surface area contributed by atoms with Crippen LogP contribution in [0, 0.1) is 0 Å². The Bertz CT molecular complexity index is 903. The van der Waals surface area contributed by atoms with Crippen LogP contribution in [0.5, 0.6) is 5.75 Å². The van der Waals surface area contributed by atoms with E-state index >= 15 is 0 Å². The Balaban J connectivity index is 1.71. The number of aromatic nitrogens is 1. The lowest BCUT2D eigenvalue weighted by Crippen LogP contribution is -2.50. The zero-order chi connectivity index (χ0) is 17.4. The van der Waals surface area contributed by atoms with Crippen molar-refractivity contribution in [3.05, 3.63) is 65.9 Å². The number of nitrogens with one attached hydrogen (secondary N) is 2. The molecular formula is C19H18N2O4. The highest BCUT2D eigenvalue weighted by Crippen LogP contribution is 2.36. The molecule has 4 rings (SSSR count). The Labute approximate surface area is 144 Å². The SMILES string of the molecule is O=C1NC(CO)[C@@H](c2ccc(O)cc2)O[C@H]1c1c[nH]c2ccccc12. The van der Waals surface area contributed by atoms with Gasteiger partial charge < -0.3 is 25.3 Å². The van der Waals surface area contributed by atoms with Gasteiger partial charge in [0, 0.05) is 22.7 Å². The molecule has 1 saturated heterocycles. The largest absolute Gasteiger partial charge is 0.508 e. The Morgan fingerprint density at radius 1 is 1.08 bits per heavy atom. The maximum absolute atomic E-state index is 12.5. The molecule has 0 spiro atoms. The first kappa shape index (κ1) is 15.7. The molecule has 2 heterocycles. The number of aromatic hydroxyl groups is 1. The highest BCUT2D eigenvalue weighted by Gasteiger charge is 2.38. The van der Waals surface area contributed by atoms with Crippen molar-refractivity contribution in [2.75, 3.05) is 6.61 Å². The van der Waals surface area contributed by atoms with Crippen LogP contribution in [0.2, 0.25) is 0 Å². The van der Waals surface area contributed by atoms with Gasteiger partial charge in [0.2, 0.25) is 0 Å². The van der Waals surface area contributed by atoms with E-state index in [4.69, 9.17) is 4.74 Å². The van der Waals surface area contributed by atoms with Gasteiger partial charge in [-0.1, -0.05) is 30.3 Å². The van der Waals surface area contributed by atoms with Crippen LogP contribution in [-0.2, 0) is 9.53 Å². The number of hydrogen-bond donors (Lipinski definition) is 4. The van der Waals surface area contributed by atoms with Gasteiger partial charge in [-0.3, -0.25) is 4.79 Å². The number of rotatable bonds is 3. The van der Waals surface area contributed by atoms with Crippen molar-refractivity contribution in [2.24, 2.45) is 0 Å². The smallest absolute Gasteiger partial charge is 0.254 e. The van der Waals surface area contributed by atoms with Gasteiger partial charge in [0.05, 0.1) is 12.6 Å². The second-order valence-corrected chi connectivity index (χ2v) is 6.12. The van der Waals surface area contributed by atoms with Crippen LogP contribution in [-0.4, -0.2) is 33.8 Å². The number of aliphatic hydroxyl groups is 1. The zero-order valence-corrected chi connectivity index (χ0v) is 13.3. The van der Waals surface area contributed by atoms with E-state index in [-0.39, 0.29) is 18.3 Å². The van der Waals surface area contributed by atoms with Gasteiger partial charge in [0.25, 0.3) is 5.91 Å². The van der Waals surface area contributed by atoms with Crippen LogP contribution in [0.1, 0.15) is 23.3 Å². The Hall–Kier alpha value is -2.83. The van der Waals surface area contributed by atoms with Crippen LogP contribution in [0.15, 0.2) is 54.7 Å². The van der Waals surface area contributed by atoms with Crippen LogP contribution in [0.25, 0.3) is 10.9 Å². The molecule has 2 aromatic carbocycles. The van der Waals surface area contributed by atoms with E-state index in [0.29, 0.717) is 0 Å². The number of H-pyrrole nitrogens is 1. The molecule has 128 valence electrons. The molecular weight excluding hydrogens is 320 g/mol. The standard InChI is InChI=1S/C19H18N2O4/c22-10-16-17(11-5-7-12(23)8-6-11)25-18(19(24)21-16)14-9-20-15-4-2-1-3-13(14)15/h1-9,16-18,20,22-23H,10H2,(H,21,24)/t16?,17-,18+/m1/s1. The molecule has 4 N–H and O–H groups in total.